The van der Waals surface area contributed by atoms with Crippen molar-refractivity contribution < 1.29 is 14.0 Å². The number of hydrogen-bond acceptors (Lipinski definition) is 4. The van der Waals surface area contributed by atoms with Gasteiger partial charge in [-0.1, -0.05) is 0 Å². The molecule has 0 saturated carbocycles. The van der Waals surface area contributed by atoms with Crippen LogP contribution in [0.15, 0.2) is 16.5 Å². The van der Waals surface area contributed by atoms with E-state index in [2.05, 4.69) is 10.6 Å². The summed E-state index contributed by atoms with van der Waals surface area (Å²) >= 11 is 0. The van der Waals surface area contributed by atoms with E-state index >= 15 is 0 Å². The zero-order valence-corrected chi connectivity index (χ0v) is 9.79. The third-order valence-corrected chi connectivity index (χ3v) is 2.10. The molecular formula is C11H17N3O3. The summed E-state index contributed by atoms with van der Waals surface area (Å²) in [5.41, 5.74) is 5.36. The molecule has 6 heteroatoms. The van der Waals surface area contributed by atoms with E-state index in [-0.39, 0.29) is 37.1 Å². The Morgan fingerprint density at radius 2 is 2.12 bits per heavy atom. The zero-order chi connectivity index (χ0) is 12.7. The molecule has 0 atom stereocenters. The maximum atomic E-state index is 11.5. The average Bonchev–Trinajstić information content (AvgIpc) is 2.77. The topological polar surface area (TPSA) is 97.4 Å². The molecule has 0 radical (unpaired) electrons. The van der Waals surface area contributed by atoms with Gasteiger partial charge in [0.2, 0.25) is 5.91 Å². The van der Waals surface area contributed by atoms with Crippen molar-refractivity contribution in [2.24, 2.45) is 5.73 Å². The predicted molar refractivity (Wildman–Crippen MR) is 62.2 cm³/mol. The maximum absolute atomic E-state index is 11.5. The lowest BCUT2D eigenvalue weighted by molar-refractivity contribution is -0.120. The monoisotopic (exact) mass is 239 g/mol. The van der Waals surface area contributed by atoms with E-state index in [0.29, 0.717) is 12.3 Å². The first-order chi connectivity index (χ1) is 8.17. The van der Waals surface area contributed by atoms with E-state index in [0.717, 1.165) is 0 Å². The molecule has 6 nitrogen and oxygen atoms in total. The number of carbonyl (C=O) groups is 2. The lowest BCUT2D eigenvalue weighted by atomic mass is 10.3. The first-order valence-electron chi connectivity index (χ1n) is 5.51. The molecule has 0 aliphatic carbocycles. The van der Waals surface area contributed by atoms with E-state index in [9.17, 15) is 9.59 Å². The summed E-state index contributed by atoms with van der Waals surface area (Å²) in [5.74, 6) is 0.337. The highest BCUT2D eigenvalue weighted by atomic mass is 16.4. The second kappa shape index (κ2) is 6.70. The van der Waals surface area contributed by atoms with Gasteiger partial charge < -0.3 is 20.8 Å². The van der Waals surface area contributed by atoms with Crippen LogP contribution in [0.2, 0.25) is 0 Å². The molecule has 2 amide bonds. The van der Waals surface area contributed by atoms with Crippen LogP contribution in [0, 0.1) is 0 Å². The Bertz CT molecular complexity index is 387. The van der Waals surface area contributed by atoms with Crippen LogP contribution >= 0.6 is 0 Å². The van der Waals surface area contributed by atoms with Gasteiger partial charge in [0.15, 0.2) is 5.76 Å². The summed E-state index contributed by atoms with van der Waals surface area (Å²) in [7, 11) is 0. The van der Waals surface area contributed by atoms with Crippen LogP contribution in [0.4, 0.5) is 0 Å². The van der Waals surface area contributed by atoms with Gasteiger partial charge >= 0.3 is 0 Å². The van der Waals surface area contributed by atoms with E-state index in [4.69, 9.17) is 10.2 Å². The standard InChI is InChI=1S/C11H17N3O3/c1-2-13-10(15)5-6-14-11(16)9-4-3-8(7-12)17-9/h3-4H,2,5-7,12H2,1H3,(H,13,15)(H,14,16). The van der Waals surface area contributed by atoms with E-state index in [1.54, 1.807) is 12.1 Å². The van der Waals surface area contributed by atoms with Crippen LogP contribution in [0.5, 0.6) is 0 Å². The van der Waals surface area contributed by atoms with Crippen LogP contribution < -0.4 is 16.4 Å². The summed E-state index contributed by atoms with van der Waals surface area (Å²) in [6.45, 7) is 2.97. The minimum absolute atomic E-state index is 0.0881. The molecule has 0 aliphatic rings. The van der Waals surface area contributed by atoms with Crippen molar-refractivity contribution in [2.75, 3.05) is 13.1 Å². The summed E-state index contributed by atoms with van der Waals surface area (Å²) in [5, 5.41) is 5.23. The molecule has 0 spiro atoms. The Morgan fingerprint density at radius 3 is 2.71 bits per heavy atom. The van der Waals surface area contributed by atoms with Crippen molar-refractivity contribution in [3.8, 4) is 0 Å². The first kappa shape index (κ1) is 13.2. The number of carbonyl (C=O) groups excluding carboxylic acids is 2. The van der Waals surface area contributed by atoms with Crippen molar-refractivity contribution in [2.45, 2.75) is 19.9 Å². The third-order valence-electron chi connectivity index (χ3n) is 2.10. The smallest absolute Gasteiger partial charge is 0.287 e. The van der Waals surface area contributed by atoms with Gasteiger partial charge in [-0.3, -0.25) is 9.59 Å². The second-order valence-electron chi connectivity index (χ2n) is 3.43. The number of rotatable bonds is 6. The van der Waals surface area contributed by atoms with Crippen LogP contribution in [-0.4, -0.2) is 24.9 Å². The average molecular weight is 239 g/mol. The largest absolute Gasteiger partial charge is 0.455 e. The van der Waals surface area contributed by atoms with Crippen molar-refractivity contribution in [3.63, 3.8) is 0 Å². The van der Waals surface area contributed by atoms with Crippen molar-refractivity contribution in [1.29, 1.82) is 0 Å². The molecule has 1 rings (SSSR count). The van der Waals surface area contributed by atoms with Gasteiger partial charge in [-0.25, -0.2) is 0 Å². The molecule has 17 heavy (non-hydrogen) atoms. The molecule has 0 unspecified atom stereocenters. The summed E-state index contributed by atoms with van der Waals surface area (Å²) in [6, 6.07) is 3.21. The minimum Gasteiger partial charge on any atom is -0.455 e. The van der Waals surface area contributed by atoms with Crippen LogP contribution in [0.1, 0.15) is 29.7 Å². The summed E-state index contributed by atoms with van der Waals surface area (Å²) < 4.78 is 5.16. The molecule has 1 aromatic heterocycles. The fraction of sp³-hybridized carbons (Fsp3) is 0.455. The number of nitrogens with two attached hydrogens (primary N) is 1. The Balaban J connectivity index is 2.32. The number of amides is 2. The zero-order valence-electron chi connectivity index (χ0n) is 9.79. The van der Waals surface area contributed by atoms with Gasteiger partial charge in [0.05, 0.1) is 6.54 Å². The molecule has 0 fully saturated rings. The normalized spacial score (nSPS) is 10.0. The van der Waals surface area contributed by atoms with E-state index < -0.39 is 0 Å². The quantitative estimate of drug-likeness (QED) is 0.650. The second-order valence-corrected chi connectivity index (χ2v) is 3.43. The Hall–Kier alpha value is -1.82. The SMILES string of the molecule is CCNC(=O)CCNC(=O)c1ccc(CN)o1. The number of nitrogens with one attached hydrogen (secondary N) is 2. The van der Waals surface area contributed by atoms with Gasteiger partial charge in [-0.15, -0.1) is 0 Å². The van der Waals surface area contributed by atoms with Gasteiger partial charge in [0.25, 0.3) is 5.91 Å². The van der Waals surface area contributed by atoms with E-state index in [1.165, 1.54) is 0 Å². The molecule has 0 aromatic carbocycles. The van der Waals surface area contributed by atoms with Gasteiger partial charge in [0, 0.05) is 19.5 Å². The van der Waals surface area contributed by atoms with Gasteiger partial charge in [-0.05, 0) is 19.1 Å². The highest BCUT2D eigenvalue weighted by molar-refractivity contribution is 5.91. The molecule has 0 saturated heterocycles. The predicted octanol–water partition coefficient (Wildman–Crippen LogP) is -0.00570. The molecule has 4 N–H and O–H groups in total. The van der Waals surface area contributed by atoms with Gasteiger partial charge in [-0.2, -0.15) is 0 Å². The minimum atomic E-state index is -0.339. The highest BCUT2D eigenvalue weighted by Crippen LogP contribution is 2.06. The van der Waals surface area contributed by atoms with Crippen molar-refractivity contribution in [3.05, 3.63) is 23.7 Å². The third kappa shape index (κ3) is 4.28. The molecular weight excluding hydrogens is 222 g/mol. The molecule has 94 valence electrons. The summed E-state index contributed by atoms with van der Waals surface area (Å²) in [6.07, 6.45) is 0.254. The number of hydrogen-bond donors (Lipinski definition) is 3. The van der Waals surface area contributed by atoms with Crippen molar-refractivity contribution in [1.82, 2.24) is 10.6 Å². The first-order valence-corrected chi connectivity index (χ1v) is 5.51. The highest BCUT2D eigenvalue weighted by Gasteiger charge is 2.10. The van der Waals surface area contributed by atoms with Crippen LogP contribution in [-0.2, 0) is 11.3 Å². The molecule has 1 heterocycles. The van der Waals surface area contributed by atoms with Crippen LogP contribution in [0.3, 0.4) is 0 Å². The summed E-state index contributed by atoms with van der Waals surface area (Å²) in [4.78, 5) is 22.6. The fourth-order valence-corrected chi connectivity index (χ4v) is 1.27. The molecule has 0 aliphatic heterocycles. The van der Waals surface area contributed by atoms with E-state index in [1.807, 2.05) is 6.92 Å². The Morgan fingerprint density at radius 1 is 1.35 bits per heavy atom. The number of furan rings is 1. The lowest BCUT2D eigenvalue weighted by Crippen LogP contribution is -2.30. The lowest BCUT2D eigenvalue weighted by Gasteiger charge is -2.03. The van der Waals surface area contributed by atoms with Crippen molar-refractivity contribution >= 4 is 11.8 Å². The molecule has 1 aromatic rings. The Kier molecular flexibility index (Phi) is 5.22. The van der Waals surface area contributed by atoms with Crippen LogP contribution in [0.25, 0.3) is 0 Å². The fourth-order valence-electron chi connectivity index (χ4n) is 1.27. The maximum Gasteiger partial charge on any atom is 0.287 e. The molecule has 0 bridgehead atoms. The van der Waals surface area contributed by atoms with Gasteiger partial charge in [0.1, 0.15) is 5.76 Å². The Labute approximate surface area is 99.5 Å².